The van der Waals surface area contributed by atoms with Gasteiger partial charge in [0.25, 0.3) is 0 Å². The minimum atomic E-state index is -1.72. The number of nitrogens with zero attached hydrogens (tertiary/aromatic N) is 3. The molecule has 0 saturated carbocycles. The van der Waals surface area contributed by atoms with Crippen molar-refractivity contribution >= 4 is 58.4 Å². The van der Waals surface area contributed by atoms with Crippen LogP contribution in [0, 0.1) is 11.8 Å². The van der Waals surface area contributed by atoms with E-state index in [2.05, 4.69) is 52.2 Å². The summed E-state index contributed by atoms with van der Waals surface area (Å²) < 4.78 is 30.9. The second-order valence-corrected chi connectivity index (χ2v) is 19.9. The fourth-order valence-corrected chi connectivity index (χ4v) is 8.49. The van der Waals surface area contributed by atoms with Gasteiger partial charge in [0.05, 0.1) is 69.4 Å². The molecule has 2 rings (SSSR count). The van der Waals surface area contributed by atoms with Crippen molar-refractivity contribution < 1.29 is 42.3 Å². The lowest BCUT2D eigenvalue weighted by Gasteiger charge is -2.24. The number of carbonyl (C=O) groups excluding carboxylic acids is 7. The third-order valence-electron chi connectivity index (χ3n) is 12.4. The molecule has 0 spiro atoms. The third-order valence-corrected chi connectivity index (χ3v) is 12.4. The van der Waals surface area contributed by atoms with Crippen molar-refractivity contribution in [2.45, 2.75) is 140 Å². The highest BCUT2D eigenvalue weighted by Gasteiger charge is 2.29. The summed E-state index contributed by atoms with van der Waals surface area (Å²) in [4.78, 5) is 107. The van der Waals surface area contributed by atoms with E-state index in [0.717, 1.165) is 5.56 Å². The third kappa shape index (κ3) is 30.8. The highest BCUT2D eigenvalue weighted by Crippen LogP contribution is 2.15. The number of Topliss-reactive ketones (excluding diaryl/α,β-unsaturated/α-hetero) is 7. The van der Waals surface area contributed by atoms with Crippen LogP contribution < -0.4 is 71.6 Å². The highest BCUT2D eigenvalue weighted by atomic mass is 19.1. The number of rotatable bonds is 16. The standard InChI is InChI=1S/C51H88F2N16O7/c1-32(2)18-42-46(74)28-60-26-37(70)21-35(52)19-33(3)24-65-39(12-7-15-62-49(54)55)44(72)23-45(73)40(13-8-16-63-50(56)57)67-30-48(76)41(14-9-17-64-51(58)59)66-25-36(53)22-38(71)27-61-29-47(75)43(69-31-68-42)20-34-10-5-4-6-11-34/h4-6,10-11,32-33,35-36,39-43,60-61,65-69H,7-9,12-31H2,1-3H3,(H4,54,55,62)(H4,56,57,63)(H4,58,59,64)/t33?,35?,36?,39-,40-,41-,42-,43-/m0/s1. The molecule has 0 radical (unpaired) electrons. The number of alkyl halides is 2. The average Bonchev–Trinajstić information content (AvgIpc) is 3.34. The first-order valence-electron chi connectivity index (χ1n) is 26.4. The molecule has 1 aromatic rings. The van der Waals surface area contributed by atoms with E-state index in [0.29, 0.717) is 32.1 Å². The molecule has 428 valence electrons. The van der Waals surface area contributed by atoms with Gasteiger partial charge in [0.2, 0.25) is 0 Å². The Balaban J connectivity index is 2.42. The minimum absolute atomic E-state index is 0.0210. The second kappa shape index (κ2) is 37.9. The zero-order valence-electron chi connectivity index (χ0n) is 44.8. The number of nitrogens with two attached hydrogens (primary N) is 6. The van der Waals surface area contributed by atoms with E-state index in [1.807, 2.05) is 44.2 Å². The Morgan fingerprint density at radius 2 is 1.00 bits per heavy atom. The van der Waals surface area contributed by atoms with Gasteiger partial charge < -0.3 is 61.0 Å². The number of ketones is 7. The van der Waals surface area contributed by atoms with Crippen LogP contribution in [0.25, 0.3) is 0 Å². The molecule has 3 unspecified atom stereocenters. The molecule has 0 amide bonds. The SMILES string of the molecule is CC(C)C[C@@H]1NCN[C@@H](Cc2ccccc2)C(=O)CNCC(=O)CC(F)CN[C@@H](CCCN=C(N)N)C(=O)CN[C@@H](CCCN=C(N)N)C(=O)CC(=O)[C@H](CCCN=C(N)N)NCC(C)CC(F)CC(=O)CNCC1=O. The Kier molecular flexibility index (Phi) is 33.2. The van der Waals surface area contributed by atoms with Gasteiger partial charge in [-0.25, -0.2) is 8.78 Å². The van der Waals surface area contributed by atoms with Crippen molar-refractivity contribution in [1.29, 1.82) is 0 Å². The molecule has 1 fully saturated rings. The molecule has 0 aliphatic carbocycles. The van der Waals surface area contributed by atoms with E-state index in [4.69, 9.17) is 34.4 Å². The number of halogens is 2. The zero-order chi connectivity index (χ0) is 56.4. The van der Waals surface area contributed by atoms with Gasteiger partial charge in [0.15, 0.2) is 46.8 Å². The molecule has 76 heavy (non-hydrogen) atoms. The van der Waals surface area contributed by atoms with Gasteiger partial charge in [-0.1, -0.05) is 51.1 Å². The first kappa shape index (κ1) is 66.4. The average molecular weight is 1080 g/mol. The summed E-state index contributed by atoms with van der Waals surface area (Å²) in [5, 5.41) is 21.2. The summed E-state index contributed by atoms with van der Waals surface area (Å²) in [6.45, 7) is 4.74. The first-order valence-corrected chi connectivity index (χ1v) is 26.4. The number of benzene rings is 1. The monoisotopic (exact) mass is 1070 g/mol. The van der Waals surface area contributed by atoms with Crippen molar-refractivity contribution in [3.05, 3.63) is 35.9 Å². The molecular weight excluding hydrogens is 987 g/mol. The van der Waals surface area contributed by atoms with Crippen molar-refractivity contribution in [2.75, 3.05) is 72.1 Å². The highest BCUT2D eigenvalue weighted by molar-refractivity contribution is 6.04. The number of guanidine groups is 3. The summed E-state index contributed by atoms with van der Waals surface area (Å²) in [6.07, 6.45) is -2.49. The molecule has 25 heteroatoms. The lowest BCUT2D eigenvalue weighted by atomic mass is 9.95. The maximum absolute atomic E-state index is 15.5. The van der Waals surface area contributed by atoms with Crippen LogP contribution >= 0.6 is 0 Å². The Bertz CT molecular complexity index is 2040. The van der Waals surface area contributed by atoms with Gasteiger partial charge in [-0.05, 0) is 81.7 Å². The number of aliphatic imine (C=N–C) groups is 3. The van der Waals surface area contributed by atoms with Crippen LogP contribution in [0.15, 0.2) is 45.3 Å². The van der Waals surface area contributed by atoms with Crippen LogP contribution in [0.3, 0.4) is 0 Å². The molecule has 1 aliphatic heterocycles. The van der Waals surface area contributed by atoms with Crippen LogP contribution in [-0.4, -0.2) is 173 Å². The molecule has 23 nitrogen and oxygen atoms in total. The van der Waals surface area contributed by atoms with Crippen LogP contribution in [0.1, 0.15) is 97.0 Å². The summed E-state index contributed by atoms with van der Waals surface area (Å²) in [6, 6.07) is 5.05. The maximum Gasteiger partial charge on any atom is 0.185 e. The summed E-state index contributed by atoms with van der Waals surface area (Å²) in [5.41, 5.74) is 33.9. The van der Waals surface area contributed by atoms with Gasteiger partial charge in [-0.2, -0.15) is 0 Å². The van der Waals surface area contributed by atoms with Crippen LogP contribution in [-0.2, 0) is 40.0 Å². The molecular formula is C51H88F2N16O7. The van der Waals surface area contributed by atoms with Crippen molar-refractivity contribution in [3.8, 4) is 0 Å². The molecule has 0 aromatic heterocycles. The molecule has 1 aliphatic rings. The van der Waals surface area contributed by atoms with Gasteiger partial charge in [-0.15, -0.1) is 0 Å². The minimum Gasteiger partial charge on any atom is -0.370 e. The smallest absolute Gasteiger partial charge is 0.185 e. The summed E-state index contributed by atoms with van der Waals surface area (Å²) in [7, 11) is 0. The Labute approximate surface area is 446 Å². The number of nitrogens with one attached hydrogen (secondary N) is 7. The molecule has 1 saturated heterocycles. The fraction of sp³-hybridized carbons (Fsp3) is 0.686. The van der Waals surface area contributed by atoms with E-state index in [9.17, 15) is 33.6 Å². The molecule has 19 N–H and O–H groups in total. The largest absolute Gasteiger partial charge is 0.370 e. The topological polar surface area (TPSA) is 397 Å². The van der Waals surface area contributed by atoms with Gasteiger partial charge in [0, 0.05) is 45.7 Å². The second-order valence-electron chi connectivity index (χ2n) is 19.9. The molecule has 1 heterocycles. The van der Waals surface area contributed by atoms with Crippen molar-refractivity contribution in [1.82, 2.24) is 37.2 Å². The van der Waals surface area contributed by atoms with Gasteiger partial charge in [-0.3, -0.25) is 59.2 Å². The quantitative estimate of drug-likeness (QED) is 0.0377. The van der Waals surface area contributed by atoms with Crippen LogP contribution in [0.2, 0.25) is 0 Å². The predicted molar refractivity (Wildman–Crippen MR) is 292 cm³/mol. The van der Waals surface area contributed by atoms with E-state index < -0.39 is 90.7 Å². The lowest BCUT2D eigenvalue weighted by molar-refractivity contribution is -0.130. The summed E-state index contributed by atoms with van der Waals surface area (Å²) >= 11 is 0. The van der Waals surface area contributed by atoms with Gasteiger partial charge in [0.1, 0.15) is 23.9 Å². The van der Waals surface area contributed by atoms with E-state index in [1.54, 1.807) is 6.92 Å². The lowest BCUT2D eigenvalue weighted by Crippen LogP contribution is -2.51. The zero-order valence-corrected chi connectivity index (χ0v) is 44.8. The van der Waals surface area contributed by atoms with E-state index >= 15 is 8.78 Å². The normalized spacial score (nSPS) is 25.1. The molecule has 0 bridgehead atoms. The fourth-order valence-electron chi connectivity index (χ4n) is 8.49. The Morgan fingerprint density at radius 1 is 0.553 bits per heavy atom. The summed E-state index contributed by atoms with van der Waals surface area (Å²) in [5.74, 6) is -3.58. The van der Waals surface area contributed by atoms with Crippen LogP contribution in [0.5, 0.6) is 0 Å². The predicted octanol–water partition coefficient (Wildman–Crippen LogP) is -1.77. The molecule has 1 aromatic carbocycles. The van der Waals surface area contributed by atoms with E-state index in [-0.39, 0.29) is 139 Å². The maximum atomic E-state index is 15.5. The van der Waals surface area contributed by atoms with Crippen molar-refractivity contribution in [2.24, 2.45) is 61.2 Å². The Morgan fingerprint density at radius 3 is 1.51 bits per heavy atom. The van der Waals surface area contributed by atoms with Crippen LogP contribution in [0.4, 0.5) is 8.78 Å². The number of hydrogen-bond donors (Lipinski definition) is 13. The first-order chi connectivity index (χ1) is 36.1. The number of carbonyl (C=O) groups is 7. The molecule has 8 atom stereocenters. The Hall–Kier alpha value is -5.70. The van der Waals surface area contributed by atoms with Gasteiger partial charge >= 0.3 is 0 Å². The number of hydrogen-bond acceptors (Lipinski definition) is 17. The van der Waals surface area contributed by atoms with Crippen molar-refractivity contribution in [3.63, 3.8) is 0 Å². The van der Waals surface area contributed by atoms with E-state index in [1.165, 1.54) is 0 Å².